The van der Waals surface area contributed by atoms with Crippen LogP contribution in [0.25, 0.3) is 0 Å². The number of nitrogens with zero attached hydrogens (tertiary/aromatic N) is 1. The van der Waals surface area contributed by atoms with Crippen molar-refractivity contribution in [2.45, 2.75) is 39.5 Å². The van der Waals surface area contributed by atoms with Crippen LogP contribution in [0, 0.1) is 12.7 Å². The van der Waals surface area contributed by atoms with Gasteiger partial charge in [-0.2, -0.15) is 0 Å². The number of unbranched alkanes of at least 4 members (excludes halogenated alkanes) is 1. The fourth-order valence-electron chi connectivity index (χ4n) is 2.71. The molecular formula is C20H27FN2. The molecule has 0 unspecified atom stereocenters. The van der Waals surface area contributed by atoms with Gasteiger partial charge in [-0.05, 0) is 61.2 Å². The van der Waals surface area contributed by atoms with Crippen molar-refractivity contribution in [3.05, 3.63) is 65.2 Å². The van der Waals surface area contributed by atoms with Gasteiger partial charge >= 0.3 is 0 Å². The Bertz CT molecular complexity index is 591. The smallest absolute Gasteiger partial charge is 0.146 e. The van der Waals surface area contributed by atoms with E-state index in [4.69, 9.17) is 5.73 Å². The number of anilines is 1. The third-order valence-electron chi connectivity index (χ3n) is 4.12. The molecule has 0 saturated carbocycles. The molecule has 0 saturated heterocycles. The van der Waals surface area contributed by atoms with E-state index in [0.717, 1.165) is 37.1 Å². The van der Waals surface area contributed by atoms with E-state index in [9.17, 15) is 4.39 Å². The van der Waals surface area contributed by atoms with Crippen LogP contribution in [0.4, 0.5) is 10.1 Å². The van der Waals surface area contributed by atoms with Gasteiger partial charge in [0, 0.05) is 13.1 Å². The van der Waals surface area contributed by atoms with E-state index in [2.05, 4.69) is 42.3 Å². The molecule has 0 amide bonds. The van der Waals surface area contributed by atoms with Gasteiger partial charge in [0.2, 0.25) is 0 Å². The third kappa shape index (κ3) is 5.27. The molecule has 0 bridgehead atoms. The number of rotatable bonds is 7. The predicted molar refractivity (Wildman–Crippen MR) is 96.7 cm³/mol. The average molecular weight is 314 g/mol. The van der Waals surface area contributed by atoms with Crippen LogP contribution < -0.4 is 5.73 Å². The SMILES string of the molecule is CCCCN1C=CC=C(/C=C/CCc2cc(C)c(N)c(F)c2)C1. The summed E-state index contributed by atoms with van der Waals surface area (Å²) in [4.78, 5) is 2.35. The van der Waals surface area contributed by atoms with Crippen LogP contribution in [0.1, 0.15) is 37.3 Å². The van der Waals surface area contributed by atoms with Crippen molar-refractivity contribution in [3.63, 3.8) is 0 Å². The molecule has 0 aromatic heterocycles. The summed E-state index contributed by atoms with van der Waals surface area (Å²) in [5.74, 6) is -0.310. The van der Waals surface area contributed by atoms with Crippen LogP contribution in [0.5, 0.6) is 0 Å². The van der Waals surface area contributed by atoms with Gasteiger partial charge in [0.25, 0.3) is 0 Å². The van der Waals surface area contributed by atoms with Gasteiger partial charge in [0.05, 0.1) is 5.69 Å². The molecular weight excluding hydrogens is 287 g/mol. The summed E-state index contributed by atoms with van der Waals surface area (Å²) in [6, 6.07) is 3.52. The third-order valence-corrected chi connectivity index (χ3v) is 4.12. The molecule has 124 valence electrons. The van der Waals surface area contributed by atoms with Gasteiger partial charge in [-0.3, -0.25) is 0 Å². The molecule has 2 N–H and O–H groups in total. The zero-order valence-electron chi connectivity index (χ0n) is 14.2. The Hall–Kier alpha value is -2.03. The summed E-state index contributed by atoms with van der Waals surface area (Å²) >= 11 is 0. The van der Waals surface area contributed by atoms with Crippen molar-refractivity contribution in [3.8, 4) is 0 Å². The highest BCUT2D eigenvalue weighted by molar-refractivity contribution is 5.49. The van der Waals surface area contributed by atoms with Crippen molar-refractivity contribution in [1.29, 1.82) is 0 Å². The van der Waals surface area contributed by atoms with Crippen LogP contribution >= 0.6 is 0 Å². The van der Waals surface area contributed by atoms with E-state index in [-0.39, 0.29) is 11.5 Å². The Labute approximate surface area is 139 Å². The number of halogens is 1. The second kappa shape index (κ2) is 8.56. The second-order valence-electron chi connectivity index (χ2n) is 6.16. The molecule has 0 atom stereocenters. The van der Waals surface area contributed by atoms with E-state index in [1.54, 1.807) is 6.07 Å². The fourth-order valence-corrected chi connectivity index (χ4v) is 2.71. The van der Waals surface area contributed by atoms with Gasteiger partial charge in [-0.1, -0.05) is 37.6 Å². The Kier molecular flexibility index (Phi) is 6.45. The molecule has 2 rings (SSSR count). The first-order valence-electron chi connectivity index (χ1n) is 8.42. The van der Waals surface area contributed by atoms with Crippen LogP contribution in [-0.4, -0.2) is 18.0 Å². The normalized spacial score (nSPS) is 14.6. The molecule has 0 radical (unpaired) electrons. The summed E-state index contributed by atoms with van der Waals surface area (Å²) in [6.45, 7) is 6.15. The Morgan fingerprint density at radius 2 is 2.17 bits per heavy atom. The van der Waals surface area contributed by atoms with Crippen molar-refractivity contribution in [1.82, 2.24) is 4.90 Å². The molecule has 0 fully saturated rings. The molecule has 0 aliphatic carbocycles. The topological polar surface area (TPSA) is 29.3 Å². The highest BCUT2D eigenvalue weighted by Gasteiger charge is 2.05. The van der Waals surface area contributed by atoms with Gasteiger partial charge in [-0.15, -0.1) is 0 Å². The molecule has 1 aromatic carbocycles. The fraction of sp³-hybridized carbons (Fsp3) is 0.400. The van der Waals surface area contributed by atoms with E-state index in [1.165, 1.54) is 18.4 Å². The maximum absolute atomic E-state index is 13.6. The zero-order valence-corrected chi connectivity index (χ0v) is 14.2. The number of aryl methyl sites for hydroxylation is 2. The summed E-state index contributed by atoms with van der Waals surface area (Å²) in [6.07, 6.45) is 15.0. The first-order chi connectivity index (χ1) is 11.1. The predicted octanol–water partition coefficient (Wildman–Crippen LogP) is 4.76. The lowest BCUT2D eigenvalue weighted by molar-refractivity contribution is 0.395. The van der Waals surface area contributed by atoms with Gasteiger partial charge in [0.15, 0.2) is 0 Å². The van der Waals surface area contributed by atoms with Crippen LogP contribution in [0.3, 0.4) is 0 Å². The molecule has 2 nitrogen and oxygen atoms in total. The van der Waals surface area contributed by atoms with Crippen LogP contribution in [0.2, 0.25) is 0 Å². The quantitative estimate of drug-likeness (QED) is 0.735. The molecule has 1 heterocycles. The summed E-state index contributed by atoms with van der Waals surface area (Å²) in [5, 5.41) is 0. The lowest BCUT2D eigenvalue weighted by Gasteiger charge is -2.23. The van der Waals surface area contributed by atoms with Crippen molar-refractivity contribution < 1.29 is 4.39 Å². The van der Waals surface area contributed by atoms with Crippen LogP contribution in [0.15, 0.2) is 48.2 Å². The maximum Gasteiger partial charge on any atom is 0.146 e. The number of nitrogen functional groups attached to an aromatic ring is 1. The highest BCUT2D eigenvalue weighted by atomic mass is 19.1. The number of benzene rings is 1. The second-order valence-corrected chi connectivity index (χ2v) is 6.16. The van der Waals surface area contributed by atoms with Gasteiger partial charge in [-0.25, -0.2) is 4.39 Å². The Balaban J connectivity index is 1.83. The molecule has 1 aromatic rings. The minimum atomic E-state index is -0.310. The first kappa shape index (κ1) is 17.3. The number of hydrogen-bond acceptors (Lipinski definition) is 2. The van der Waals surface area contributed by atoms with Gasteiger partial charge in [0.1, 0.15) is 5.82 Å². The molecule has 1 aliphatic heterocycles. The molecule has 0 spiro atoms. The Morgan fingerprint density at radius 1 is 1.35 bits per heavy atom. The Morgan fingerprint density at radius 3 is 2.91 bits per heavy atom. The van der Waals surface area contributed by atoms with E-state index in [0.29, 0.717) is 0 Å². The van der Waals surface area contributed by atoms with Crippen molar-refractivity contribution in [2.75, 3.05) is 18.8 Å². The van der Waals surface area contributed by atoms with Crippen LogP contribution in [-0.2, 0) is 6.42 Å². The average Bonchev–Trinajstić information content (AvgIpc) is 2.55. The van der Waals surface area contributed by atoms with E-state index >= 15 is 0 Å². The molecule has 23 heavy (non-hydrogen) atoms. The number of hydrogen-bond donors (Lipinski definition) is 1. The monoisotopic (exact) mass is 314 g/mol. The summed E-state index contributed by atoms with van der Waals surface area (Å²) in [7, 11) is 0. The van der Waals surface area contributed by atoms with Crippen molar-refractivity contribution >= 4 is 5.69 Å². The lowest BCUT2D eigenvalue weighted by atomic mass is 10.0. The van der Waals surface area contributed by atoms with Crippen molar-refractivity contribution in [2.24, 2.45) is 0 Å². The summed E-state index contributed by atoms with van der Waals surface area (Å²) < 4.78 is 13.6. The van der Waals surface area contributed by atoms with E-state index in [1.807, 2.05) is 13.0 Å². The largest absolute Gasteiger partial charge is 0.396 e. The standard InChI is InChI=1S/C20H27FN2/c1-3-4-11-23-12-7-10-17(15-23)8-5-6-9-18-13-16(2)20(22)19(21)14-18/h5,7-8,10,12-14H,3-4,6,9,11,15,22H2,1-2H3/b8-5+. The number of allylic oxidation sites excluding steroid dienone is 3. The number of nitrogens with two attached hydrogens (primary N) is 1. The lowest BCUT2D eigenvalue weighted by Crippen LogP contribution is -2.22. The summed E-state index contributed by atoms with van der Waals surface area (Å²) in [5.41, 5.74) is 9.04. The van der Waals surface area contributed by atoms with E-state index < -0.39 is 0 Å². The zero-order chi connectivity index (χ0) is 16.7. The maximum atomic E-state index is 13.6. The minimum absolute atomic E-state index is 0.260. The van der Waals surface area contributed by atoms with Gasteiger partial charge < -0.3 is 10.6 Å². The first-order valence-corrected chi connectivity index (χ1v) is 8.42. The highest BCUT2D eigenvalue weighted by Crippen LogP contribution is 2.19. The molecule has 1 aliphatic rings. The minimum Gasteiger partial charge on any atom is -0.396 e. The molecule has 3 heteroatoms.